The maximum absolute atomic E-state index is 12.1. The molecule has 2 amide bonds. The number of carbonyl (C=O) groups excluding carboxylic acids is 2. The number of aromatic nitrogens is 2. The Hall–Kier alpha value is -3.30. The van der Waals surface area contributed by atoms with Crippen LogP contribution in [0.3, 0.4) is 0 Å². The van der Waals surface area contributed by atoms with Gasteiger partial charge in [0.15, 0.2) is 6.61 Å². The maximum Gasteiger partial charge on any atom is 0.316 e. The summed E-state index contributed by atoms with van der Waals surface area (Å²) < 4.78 is 15.4. The number of nitrogens with zero attached hydrogens (tertiary/aromatic N) is 2. The summed E-state index contributed by atoms with van der Waals surface area (Å²) in [7, 11) is 1.57. The standard InChI is InChI=1S/C20H18Cl2N4O5/c1-29-13-4-2-12(3-5-13)18-25-20(31-26-18)19(28)24-9-8-23-17(27)11-30-14-6-7-15(21)16(22)10-14/h2-7,10H,8-9,11H2,1H3,(H,23,27)(H,24,28). The van der Waals surface area contributed by atoms with E-state index in [9.17, 15) is 9.59 Å². The molecule has 3 rings (SSSR count). The van der Waals surface area contributed by atoms with Gasteiger partial charge in [0.1, 0.15) is 11.5 Å². The smallest absolute Gasteiger partial charge is 0.316 e. The van der Waals surface area contributed by atoms with E-state index in [1.165, 1.54) is 6.07 Å². The second-order valence-corrected chi connectivity index (χ2v) is 6.94. The molecule has 0 saturated carbocycles. The zero-order valence-corrected chi connectivity index (χ0v) is 17.9. The summed E-state index contributed by atoms with van der Waals surface area (Å²) in [6.45, 7) is 0.146. The van der Waals surface area contributed by atoms with Crippen molar-refractivity contribution in [3.8, 4) is 22.9 Å². The molecule has 2 aromatic carbocycles. The average molecular weight is 465 g/mol. The first kappa shape index (κ1) is 22.4. The zero-order chi connectivity index (χ0) is 22.2. The lowest BCUT2D eigenvalue weighted by Gasteiger charge is -2.08. The predicted molar refractivity (Wildman–Crippen MR) is 114 cm³/mol. The van der Waals surface area contributed by atoms with E-state index in [1.54, 1.807) is 43.5 Å². The molecule has 9 nitrogen and oxygen atoms in total. The van der Waals surface area contributed by atoms with Crippen molar-refractivity contribution in [2.45, 2.75) is 0 Å². The molecule has 0 spiro atoms. The summed E-state index contributed by atoms with van der Waals surface area (Å²) in [6.07, 6.45) is 0. The fourth-order valence-corrected chi connectivity index (χ4v) is 2.68. The molecule has 31 heavy (non-hydrogen) atoms. The Bertz CT molecular complexity index is 1060. The number of halogens is 2. The highest BCUT2D eigenvalue weighted by Crippen LogP contribution is 2.26. The molecule has 0 aliphatic carbocycles. The van der Waals surface area contributed by atoms with Crippen molar-refractivity contribution in [3.63, 3.8) is 0 Å². The molecule has 0 fully saturated rings. The minimum Gasteiger partial charge on any atom is -0.497 e. The first-order valence-corrected chi connectivity index (χ1v) is 9.82. The molecule has 0 atom stereocenters. The molecule has 162 valence electrons. The molecule has 0 aliphatic rings. The molecule has 2 N–H and O–H groups in total. The summed E-state index contributed by atoms with van der Waals surface area (Å²) in [5.41, 5.74) is 0.679. The van der Waals surface area contributed by atoms with Crippen molar-refractivity contribution in [3.05, 3.63) is 58.4 Å². The van der Waals surface area contributed by atoms with Gasteiger partial charge in [0.25, 0.3) is 5.91 Å². The summed E-state index contributed by atoms with van der Waals surface area (Å²) in [4.78, 5) is 28.0. The number of benzene rings is 2. The Labute approximate surface area is 187 Å². The van der Waals surface area contributed by atoms with Crippen molar-refractivity contribution in [2.24, 2.45) is 0 Å². The van der Waals surface area contributed by atoms with Crippen molar-refractivity contribution in [2.75, 3.05) is 26.8 Å². The zero-order valence-electron chi connectivity index (χ0n) is 16.4. The quantitative estimate of drug-likeness (QED) is 0.467. The molecule has 0 saturated heterocycles. The van der Waals surface area contributed by atoms with Crippen molar-refractivity contribution < 1.29 is 23.6 Å². The van der Waals surface area contributed by atoms with E-state index < -0.39 is 5.91 Å². The van der Waals surface area contributed by atoms with Crippen molar-refractivity contribution >= 4 is 35.0 Å². The van der Waals surface area contributed by atoms with E-state index in [2.05, 4.69) is 20.8 Å². The fraction of sp³-hybridized carbons (Fsp3) is 0.200. The number of amides is 2. The Kier molecular flexibility index (Phi) is 7.69. The predicted octanol–water partition coefficient (Wildman–Crippen LogP) is 2.98. The topological polar surface area (TPSA) is 116 Å². The Morgan fingerprint density at radius 1 is 1.00 bits per heavy atom. The largest absolute Gasteiger partial charge is 0.497 e. The van der Waals surface area contributed by atoms with Crippen LogP contribution in [0.15, 0.2) is 47.0 Å². The van der Waals surface area contributed by atoms with E-state index in [1.807, 2.05) is 0 Å². The molecular formula is C20H18Cl2N4O5. The van der Waals surface area contributed by atoms with Gasteiger partial charge in [-0.2, -0.15) is 4.98 Å². The normalized spacial score (nSPS) is 10.4. The fourth-order valence-electron chi connectivity index (χ4n) is 2.39. The lowest BCUT2D eigenvalue weighted by molar-refractivity contribution is -0.123. The van der Waals surface area contributed by atoms with E-state index in [4.69, 9.17) is 37.2 Å². The molecule has 0 aliphatic heterocycles. The van der Waals surface area contributed by atoms with Gasteiger partial charge in [0, 0.05) is 24.7 Å². The van der Waals surface area contributed by atoms with Gasteiger partial charge in [-0.05, 0) is 36.4 Å². The van der Waals surface area contributed by atoms with Crippen LogP contribution in [0.2, 0.25) is 10.0 Å². The van der Waals surface area contributed by atoms with Crippen LogP contribution < -0.4 is 20.1 Å². The summed E-state index contributed by atoms with van der Waals surface area (Å²) >= 11 is 11.7. The Morgan fingerprint density at radius 2 is 1.71 bits per heavy atom. The van der Waals surface area contributed by atoms with Gasteiger partial charge in [0.2, 0.25) is 5.82 Å². The van der Waals surface area contributed by atoms with Gasteiger partial charge in [-0.25, -0.2) is 0 Å². The number of hydrogen-bond donors (Lipinski definition) is 2. The van der Waals surface area contributed by atoms with Gasteiger partial charge >= 0.3 is 11.8 Å². The van der Waals surface area contributed by atoms with Gasteiger partial charge in [-0.3, -0.25) is 9.59 Å². The lowest BCUT2D eigenvalue weighted by atomic mass is 10.2. The van der Waals surface area contributed by atoms with Crippen LogP contribution in [-0.4, -0.2) is 48.8 Å². The monoisotopic (exact) mass is 464 g/mol. The van der Waals surface area contributed by atoms with Gasteiger partial charge in [-0.15, -0.1) is 0 Å². The Balaban J connectivity index is 1.39. The number of hydrogen-bond acceptors (Lipinski definition) is 7. The third-order valence-corrected chi connectivity index (χ3v) is 4.70. The van der Waals surface area contributed by atoms with Crippen LogP contribution in [0.4, 0.5) is 0 Å². The van der Waals surface area contributed by atoms with Crippen LogP contribution in [0, 0.1) is 0 Å². The number of nitrogens with one attached hydrogen (secondary N) is 2. The number of methoxy groups -OCH3 is 1. The lowest BCUT2D eigenvalue weighted by Crippen LogP contribution is -2.36. The molecule has 1 heterocycles. The van der Waals surface area contributed by atoms with Crippen LogP contribution in [0.1, 0.15) is 10.7 Å². The van der Waals surface area contributed by atoms with Gasteiger partial charge in [-0.1, -0.05) is 28.4 Å². The first-order chi connectivity index (χ1) is 15.0. The van der Waals surface area contributed by atoms with Gasteiger partial charge < -0.3 is 24.6 Å². The summed E-state index contributed by atoms with van der Waals surface area (Å²) in [6, 6.07) is 11.7. The molecule has 0 bridgehead atoms. The van der Waals surface area contributed by atoms with Crippen LogP contribution in [0.25, 0.3) is 11.4 Å². The van der Waals surface area contributed by atoms with Crippen LogP contribution in [-0.2, 0) is 4.79 Å². The molecule has 11 heteroatoms. The highest BCUT2D eigenvalue weighted by Gasteiger charge is 2.16. The maximum atomic E-state index is 12.1. The van der Waals surface area contributed by atoms with E-state index in [0.717, 1.165) is 0 Å². The van der Waals surface area contributed by atoms with Crippen LogP contribution >= 0.6 is 23.2 Å². The van der Waals surface area contributed by atoms with Crippen LogP contribution in [0.5, 0.6) is 11.5 Å². The molecule has 1 aromatic heterocycles. The summed E-state index contributed by atoms with van der Waals surface area (Å²) in [5, 5.41) is 9.71. The number of ether oxygens (including phenoxy) is 2. The highest BCUT2D eigenvalue weighted by molar-refractivity contribution is 6.42. The van der Waals surface area contributed by atoms with E-state index >= 15 is 0 Å². The van der Waals surface area contributed by atoms with Crippen molar-refractivity contribution in [1.82, 2.24) is 20.8 Å². The first-order valence-electron chi connectivity index (χ1n) is 9.07. The molecular weight excluding hydrogens is 447 g/mol. The molecule has 0 radical (unpaired) electrons. The average Bonchev–Trinajstić information content (AvgIpc) is 3.28. The minimum atomic E-state index is -0.548. The minimum absolute atomic E-state index is 0.164. The molecule has 0 unspecified atom stereocenters. The third-order valence-electron chi connectivity index (χ3n) is 3.96. The number of rotatable bonds is 9. The Morgan fingerprint density at radius 3 is 2.42 bits per heavy atom. The van der Waals surface area contributed by atoms with Crippen molar-refractivity contribution in [1.29, 1.82) is 0 Å². The summed E-state index contributed by atoms with van der Waals surface area (Å²) in [5.74, 6) is 0.297. The van der Waals surface area contributed by atoms with E-state index in [-0.39, 0.29) is 37.3 Å². The number of carbonyl (C=O) groups is 2. The third kappa shape index (κ3) is 6.34. The SMILES string of the molecule is COc1ccc(-c2noc(C(=O)NCCNC(=O)COc3ccc(Cl)c(Cl)c3)n2)cc1. The highest BCUT2D eigenvalue weighted by atomic mass is 35.5. The van der Waals surface area contributed by atoms with Gasteiger partial charge in [0.05, 0.1) is 17.2 Å². The molecule has 3 aromatic rings. The van der Waals surface area contributed by atoms with E-state index in [0.29, 0.717) is 27.1 Å². The second kappa shape index (κ2) is 10.6. The second-order valence-electron chi connectivity index (χ2n) is 6.12.